The van der Waals surface area contributed by atoms with Crippen molar-refractivity contribution in [2.75, 3.05) is 13.7 Å². The summed E-state index contributed by atoms with van der Waals surface area (Å²) < 4.78 is 19.0. The molecule has 2 rings (SSSR count). The molecular formula is C13H16FNO2. The molecule has 1 saturated carbocycles. The Morgan fingerprint density at radius 3 is 2.82 bits per heavy atom. The van der Waals surface area contributed by atoms with Gasteiger partial charge < -0.3 is 10.1 Å². The van der Waals surface area contributed by atoms with Crippen LogP contribution in [0.4, 0.5) is 4.39 Å². The summed E-state index contributed by atoms with van der Waals surface area (Å²) in [5.74, 6) is 0.428. The third-order valence-corrected chi connectivity index (χ3v) is 3.58. The second-order valence-electron chi connectivity index (χ2n) is 4.48. The Hall–Kier alpha value is -1.58. The normalized spacial score (nSPS) is 17.1. The van der Waals surface area contributed by atoms with Crippen molar-refractivity contribution < 1.29 is 13.9 Å². The van der Waals surface area contributed by atoms with Crippen molar-refractivity contribution in [2.24, 2.45) is 0 Å². The fraction of sp³-hybridized carbons (Fsp3) is 0.462. The number of nitrogens with one attached hydrogen (secondary N) is 1. The van der Waals surface area contributed by atoms with Crippen LogP contribution in [0.5, 0.6) is 5.75 Å². The fourth-order valence-electron chi connectivity index (χ4n) is 2.42. The lowest BCUT2D eigenvalue weighted by Crippen LogP contribution is -2.44. The molecule has 4 heteroatoms. The molecule has 0 aromatic heterocycles. The maximum absolute atomic E-state index is 13.9. The van der Waals surface area contributed by atoms with Gasteiger partial charge in [-0.1, -0.05) is 6.42 Å². The number of carbonyl (C=O) groups is 1. The zero-order valence-corrected chi connectivity index (χ0v) is 9.83. The molecule has 0 spiro atoms. The number of carbonyl (C=O) groups excluding carboxylic acids is 1. The zero-order chi connectivity index (χ0) is 12.3. The first-order valence-electron chi connectivity index (χ1n) is 5.73. The van der Waals surface area contributed by atoms with Gasteiger partial charge >= 0.3 is 0 Å². The summed E-state index contributed by atoms with van der Waals surface area (Å²) in [5.41, 5.74) is 0.400. The van der Waals surface area contributed by atoms with Crippen molar-refractivity contribution in [3.05, 3.63) is 29.6 Å². The molecule has 3 nitrogen and oxygen atoms in total. The summed E-state index contributed by atoms with van der Waals surface area (Å²) in [7, 11) is 1.56. The molecule has 0 heterocycles. The van der Waals surface area contributed by atoms with E-state index in [-0.39, 0.29) is 11.2 Å². The summed E-state index contributed by atoms with van der Waals surface area (Å²) >= 11 is 0. The number of amides is 1. The van der Waals surface area contributed by atoms with E-state index in [2.05, 4.69) is 5.32 Å². The highest BCUT2D eigenvalue weighted by molar-refractivity contribution is 5.47. The second kappa shape index (κ2) is 4.73. The van der Waals surface area contributed by atoms with E-state index in [1.807, 2.05) is 0 Å². The highest BCUT2D eigenvalue weighted by atomic mass is 19.1. The maximum atomic E-state index is 13.9. The third kappa shape index (κ3) is 2.12. The largest absolute Gasteiger partial charge is 0.497 e. The van der Waals surface area contributed by atoms with Gasteiger partial charge in [0.1, 0.15) is 11.6 Å². The van der Waals surface area contributed by atoms with Gasteiger partial charge in [-0.3, -0.25) is 4.79 Å². The first-order valence-corrected chi connectivity index (χ1v) is 5.73. The van der Waals surface area contributed by atoms with Crippen molar-refractivity contribution in [1.29, 1.82) is 0 Å². The predicted octanol–water partition coefficient (Wildman–Crippen LogP) is 2.00. The van der Waals surface area contributed by atoms with E-state index in [0.717, 1.165) is 19.3 Å². The van der Waals surface area contributed by atoms with Gasteiger partial charge in [-0.2, -0.15) is 0 Å². The Morgan fingerprint density at radius 1 is 1.53 bits per heavy atom. The first-order chi connectivity index (χ1) is 8.22. The summed E-state index contributed by atoms with van der Waals surface area (Å²) in [4.78, 5) is 10.4. The van der Waals surface area contributed by atoms with E-state index in [1.54, 1.807) is 19.2 Å². The number of halogens is 1. The molecule has 17 heavy (non-hydrogen) atoms. The van der Waals surface area contributed by atoms with Crippen LogP contribution in [0, 0.1) is 5.82 Å². The van der Waals surface area contributed by atoms with E-state index < -0.39 is 0 Å². The second-order valence-corrected chi connectivity index (χ2v) is 4.48. The Kier molecular flexibility index (Phi) is 3.31. The topological polar surface area (TPSA) is 38.3 Å². The fourth-order valence-corrected chi connectivity index (χ4v) is 2.42. The van der Waals surface area contributed by atoms with Gasteiger partial charge in [0, 0.05) is 12.0 Å². The van der Waals surface area contributed by atoms with Crippen LogP contribution in [-0.2, 0) is 10.2 Å². The minimum atomic E-state index is -0.250. The summed E-state index contributed by atoms with van der Waals surface area (Å²) in [6, 6.07) is 4.77. The number of hydrogen-bond donors (Lipinski definition) is 1. The number of methoxy groups -OCH3 is 1. The average molecular weight is 237 g/mol. The molecule has 0 bridgehead atoms. The molecule has 0 atom stereocenters. The molecule has 1 fully saturated rings. The molecule has 0 saturated heterocycles. The molecule has 0 aliphatic heterocycles. The smallest absolute Gasteiger partial charge is 0.207 e. The molecule has 0 unspecified atom stereocenters. The van der Waals surface area contributed by atoms with Crippen LogP contribution in [-0.4, -0.2) is 20.1 Å². The van der Waals surface area contributed by atoms with E-state index in [0.29, 0.717) is 24.3 Å². The van der Waals surface area contributed by atoms with Gasteiger partial charge in [-0.25, -0.2) is 4.39 Å². The van der Waals surface area contributed by atoms with Gasteiger partial charge in [0.05, 0.1) is 7.11 Å². The molecule has 1 aromatic carbocycles. The SMILES string of the molecule is COc1ccc(F)c(C2(CNC=O)CCC2)c1. The highest BCUT2D eigenvalue weighted by Crippen LogP contribution is 2.45. The van der Waals surface area contributed by atoms with Crippen molar-refractivity contribution in [3.8, 4) is 5.75 Å². The molecular weight excluding hydrogens is 221 g/mol. The molecule has 1 amide bonds. The molecule has 1 N–H and O–H groups in total. The average Bonchev–Trinajstić information content (AvgIpc) is 2.30. The number of benzene rings is 1. The van der Waals surface area contributed by atoms with Crippen LogP contribution >= 0.6 is 0 Å². The van der Waals surface area contributed by atoms with Crippen molar-refractivity contribution in [1.82, 2.24) is 5.32 Å². The van der Waals surface area contributed by atoms with E-state index in [4.69, 9.17) is 4.74 Å². The number of hydrogen-bond acceptors (Lipinski definition) is 2. The Morgan fingerprint density at radius 2 is 2.29 bits per heavy atom. The van der Waals surface area contributed by atoms with Crippen LogP contribution in [0.25, 0.3) is 0 Å². The van der Waals surface area contributed by atoms with Crippen LogP contribution in [0.3, 0.4) is 0 Å². The van der Waals surface area contributed by atoms with E-state index >= 15 is 0 Å². The van der Waals surface area contributed by atoms with E-state index in [1.165, 1.54) is 6.07 Å². The highest BCUT2D eigenvalue weighted by Gasteiger charge is 2.40. The number of ether oxygens (including phenoxy) is 1. The lowest BCUT2D eigenvalue weighted by Gasteiger charge is -2.42. The monoisotopic (exact) mass is 237 g/mol. The Labute approximate surface area is 100.0 Å². The molecule has 1 aliphatic carbocycles. The van der Waals surface area contributed by atoms with Gasteiger partial charge in [-0.15, -0.1) is 0 Å². The quantitative estimate of drug-likeness (QED) is 0.795. The Bertz CT molecular complexity index is 416. The third-order valence-electron chi connectivity index (χ3n) is 3.58. The maximum Gasteiger partial charge on any atom is 0.207 e. The zero-order valence-electron chi connectivity index (χ0n) is 9.83. The van der Waals surface area contributed by atoms with Crippen molar-refractivity contribution in [2.45, 2.75) is 24.7 Å². The van der Waals surface area contributed by atoms with Gasteiger partial charge in [-0.05, 0) is 36.6 Å². The lowest BCUT2D eigenvalue weighted by molar-refractivity contribution is -0.110. The first kappa shape index (κ1) is 11.9. The standard InChI is InChI=1S/C13H16FNO2/c1-17-10-3-4-12(14)11(7-10)13(5-2-6-13)8-15-9-16/h3-4,7,9H,2,5-6,8H2,1H3,(H,15,16). The molecule has 0 radical (unpaired) electrons. The minimum Gasteiger partial charge on any atom is -0.497 e. The van der Waals surface area contributed by atoms with E-state index in [9.17, 15) is 9.18 Å². The molecule has 92 valence electrons. The summed E-state index contributed by atoms with van der Waals surface area (Å²) in [6.07, 6.45) is 3.53. The Balaban J connectivity index is 2.32. The molecule has 1 aliphatic rings. The molecule has 1 aromatic rings. The minimum absolute atomic E-state index is 0.224. The van der Waals surface area contributed by atoms with Crippen LogP contribution < -0.4 is 10.1 Å². The van der Waals surface area contributed by atoms with Crippen LogP contribution in [0.1, 0.15) is 24.8 Å². The van der Waals surface area contributed by atoms with Crippen molar-refractivity contribution in [3.63, 3.8) is 0 Å². The van der Waals surface area contributed by atoms with Gasteiger partial charge in [0.25, 0.3) is 0 Å². The van der Waals surface area contributed by atoms with Crippen molar-refractivity contribution >= 4 is 6.41 Å². The van der Waals surface area contributed by atoms with Gasteiger partial charge in [0.2, 0.25) is 6.41 Å². The summed E-state index contributed by atoms with van der Waals surface area (Å²) in [6.45, 7) is 0.487. The predicted molar refractivity (Wildman–Crippen MR) is 62.5 cm³/mol. The van der Waals surface area contributed by atoms with Gasteiger partial charge in [0.15, 0.2) is 0 Å². The van der Waals surface area contributed by atoms with Crippen LogP contribution in [0.15, 0.2) is 18.2 Å². The number of rotatable bonds is 5. The summed E-state index contributed by atoms with van der Waals surface area (Å²) in [5, 5.41) is 2.67. The lowest BCUT2D eigenvalue weighted by atomic mass is 9.64. The van der Waals surface area contributed by atoms with Crippen LogP contribution in [0.2, 0.25) is 0 Å².